The Morgan fingerprint density at radius 1 is 1.10 bits per heavy atom. The average molecular weight is 290 g/mol. The van der Waals surface area contributed by atoms with Gasteiger partial charge in [-0.25, -0.2) is 4.39 Å². The van der Waals surface area contributed by atoms with Gasteiger partial charge in [0.15, 0.2) is 23.1 Å². The predicted molar refractivity (Wildman–Crippen MR) is 79.3 cm³/mol. The van der Waals surface area contributed by atoms with Crippen LogP contribution in [-0.2, 0) is 0 Å². The van der Waals surface area contributed by atoms with E-state index in [0.717, 1.165) is 6.42 Å². The first-order valence-electron chi connectivity index (χ1n) is 6.99. The van der Waals surface area contributed by atoms with Crippen molar-refractivity contribution in [1.82, 2.24) is 0 Å². The van der Waals surface area contributed by atoms with Gasteiger partial charge in [0.2, 0.25) is 0 Å². The molecule has 0 aliphatic rings. The number of ether oxygens (including phenoxy) is 2. The van der Waals surface area contributed by atoms with Gasteiger partial charge in [-0.2, -0.15) is 0 Å². The van der Waals surface area contributed by atoms with Crippen molar-refractivity contribution in [1.29, 1.82) is 0 Å². The molecule has 0 saturated heterocycles. The lowest BCUT2D eigenvalue weighted by atomic mass is 10.1. The van der Waals surface area contributed by atoms with Crippen LogP contribution in [0, 0.1) is 5.82 Å². The minimum Gasteiger partial charge on any atom is -0.490 e. The van der Waals surface area contributed by atoms with E-state index in [1.54, 1.807) is 31.2 Å². The molecule has 0 amide bonds. The Balaban J connectivity index is 2.22. The van der Waals surface area contributed by atoms with E-state index in [1.807, 2.05) is 13.0 Å². The van der Waals surface area contributed by atoms with E-state index in [9.17, 15) is 9.50 Å². The number of halogens is 1. The van der Waals surface area contributed by atoms with Gasteiger partial charge in [0.25, 0.3) is 0 Å². The summed E-state index contributed by atoms with van der Waals surface area (Å²) in [6.45, 7) is 4.17. The summed E-state index contributed by atoms with van der Waals surface area (Å²) in [5.41, 5.74) is 0.510. The Morgan fingerprint density at radius 2 is 1.81 bits per heavy atom. The van der Waals surface area contributed by atoms with E-state index >= 15 is 0 Å². The molecule has 0 bridgehead atoms. The molecule has 0 saturated carbocycles. The second-order valence-electron chi connectivity index (χ2n) is 4.76. The molecule has 0 radical (unpaired) electrons. The molecule has 2 aromatic rings. The topological polar surface area (TPSA) is 38.7 Å². The van der Waals surface area contributed by atoms with Crippen LogP contribution < -0.4 is 9.47 Å². The number of rotatable bonds is 6. The molecule has 0 heterocycles. The first-order valence-corrected chi connectivity index (χ1v) is 6.99. The minimum absolute atomic E-state index is 0.104. The highest BCUT2D eigenvalue weighted by Gasteiger charge is 2.11. The standard InChI is InChI=1S/C17H19FO3/c1-3-10-20-16-6-4-5-7-17(16)21-15-9-8-13(12(2)19)11-14(15)18/h4-9,11-12,19H,3,10H2,1-2H3/t12-/m1/s1. The van der Waals surface area contributed by atoms with Gasteiger partial charge in [0.1, 0.15) is 0 Å². The van der Waals surface area contributed by atoms with Crippen molar-refractivity contribution in [3.63, 3.8) is 0 Å². The van der Waals surface area contributed by atoms with Crippen molar-refractivity contribution < 1.29 is 19.0 Å². The molecule has 1 N–H and O–H groups in total. The van der Waals surface area contributed by atoms with Gasteiger partial charge in [0, 0.05) is 0 Å². The molecule has 0 spiro atoms. The summed E-state index contributed by atoms with van der Waals surface area (Å²) in [5, 5.41) is 9.44. The van der Waals surface area contributed by atoms with E-state index in [0.29, 0.717) is 23.7 Å². The van der Waals surface area contributed by atoms with Gasteiger partial charge in [-0.1, -0.05) is 25.1 Å². The molecule has 2 rings (SSSR count). The van der Waals surface area contributed by atoms with E-state index in [4.69, 9.17) is 9.47 Å². The third-order valence-corrected chi connectivity index (χ3v) is 2.97. The Hall–Kier alpha value is -2.07. The van der Waals surface area contributed by atoms with E-state index in [-0.39, 0.29) is 5.75 Å². The maximum Gasteiger partial charge on any atom is 0.169 e. The first kappa shape index (κ1) is 15.3. The lowest BCUT2D eigenvalue weighted by Crippen LogP contribution is -1.98. The van der Waals surface area contributed by atoms with Crippen molar-refractivity contribution in [2.24, 2.45) is 0 Å². The summed E-state index contributed by atoms with van der Waals surface area (Å²) in [5.74, 6) is 0.638. The third-order valence-electron chi connectivity index (χ3n) is 2.97. The van der Waals surface area contributed by atoms with Gasteiger partial charge < -0.3 is 14.6 Å². The quantitative estimate of drug-likeness (QED) is 0.853. The van der Waals surface area contributed by atoms with Crippen LogP contribution in [0.4, 0.5) is 4.39 Å². The van der Waals surface area contributed by atoms with Crippen LogP contribution in [0.15, 0.2) is 42.5 Å². The number of hydrogen-bond acceptors (Lipinski definition) is 3. The largest absolute Gasteiger partial charge is 0.490 e. The summed E-state index contributed by atoms with van der Waals surface area (Å²) >= 11 is 0. The van der Waals surface area contributed by atoms with Crippen molar-refractivity contribution in [3.8, 4) is 17.2 Å². The second-order valence-corrected chi connectivity index (χ2v) is 4.76. The fourth-order valence-electron chi connectivity index (χ4n) is 1.84. The lowest BCUT2D eigenvalue weighted by Gasteiger charge is -2.13. The normalized spacial score (nSPS) is 12.0. The second kappa shape index (κ2) is 7.09. The van der Waals surface area contributed by atoms with Gasteiger partial charge in [-0.3, -0.25) is 0 Å². The van der Waals surface area contributed by atoms with Crippen molar-refractivity contribution in [2.45, 2.75) is 26.4 Å². The smallest absolute Gasteiger partial charge is 0.169 e. The number of aliphatic hydroxyl groups excluding tert-OH is 1. The summed E-state index contributed by atoms with van der Waals surface area (Å²) < 4.78 is 25.2. The van der Waals surface area contributed by atoms with E-state index < -0.39 is 11.9 Å². The zero-order valence-electron chi connectivity index (χ0n) is 12.2. The maximum absolute atomic E-state index is 14.0. The molecule has 1 atom stereocenters. The zero-order chi connectivity index (χ0) is 15.2. The first-order chi connectivity index (χ1) is 10.1. The van der Waals surface area contributed by atoms with Crippen LogP contribution in [0.2, 0.25) is 0 Å². The van der Waals surface area contributed by atoms with Crippen LogP contribution in [0.25, 0.3) is 0 Å². The summed E-state index contributed by atoms with van der Waals surface area (Å²) in [4.78, 5) is 0. The molecule has 0 fully saturated rings. The molecular formula is C17H19FO3. The van der Waals surface area contributed by atoms with Crippen LogP contribution >= 0.6 is 0 Å². The van der Waals surface area contributed by atoms with Gasteiger partial charge in [-0.05, 0) is 43.2 Å². The molecule has 0 aliphatic carbocycles. The minimum atomic E-state index is -0.714. The van der Waals surface area contributed by atoms with E-state index in [2.05, 4.69) is 0 Å². The van der Waals surface area contributed by atoms with Crippen molar-refractivity contribution in [3.05, 3.63) is 53.8 Å². The Kier molecular flexibility index (Phi) is 5.17. The number of hydrogen-bond donors (Lipinski definition) is 1. The fourth-order valence-corrected chi connectivity index (χ4v) is 1.84. The summed E-state index contributed by atoms with van der Waals surface area (Å²) in [6.07, 6.45) is 0.167. The van der Waals surface area contributed by atoms with E-state index in [1.165, 1.54) is 12.1 Å². The molecule has 3 nitrogen and oxygen atoms in total. The number of para-hydroxylation sites is 2. The number of benzene rings is 2. The molecule has 21 heavy (non-hydrogen) atoms. The average Bonchev–Trinajstić information content (AvgIpc) is 2.48. The monoisotopic (exact) mass is 290 g/mol. The third kappa shape index (κ3) is 3.95. The van der Waals surface area contributed by atoms with Crippen LogP contribution in [0.1, 0.15) is 31.9 Å². The molecular weight excluding hydrogens is 271 g/mol. The fraction of sp³-hybridized carbons (Fsp3) is 0.294. The SMILES string of the molecule is CCCOc1ccccc1Oc1ccc([C@@H](C)O)cc1F. The lowest BCUT2D eigenvalue weighted by molar-refractivity contribution is 0.198. The Labute approximate surface area is 124 Å². The summed E-state index contributed by atoms with van der Waals surface area (Å²) in [7, 11) is 0. The highest BCUT2D eigenvalue weighted by Crippen LogP contribution is 2.33. The maximum atomic E-state index is 14.0. The Bertz CT molecular complexity index is 596. The summed E-state index contributed by atoms with van der Waals surface area (Å²) in [6, 6.07) is 11.6. The predicted octanol–water partition coefficient (Wildman–Crippen LogP) is 4.46. The highest BCUT2D eigenvalue weighted by atomic mass is 19.1. The number of aliphatic hydroxyl groups is 1. The molecule has 0 aliphatic heterocycles. The van der Waals surface area contributed by atoms with Crippen molar-refractivity contribution in [2.75, 3.05) is 6.61 Å². The molecule has 2 aromatic carbocycles. The molecule has 0 aromatic heterocycles. The highest BCUT2D eigenvalue weighted by molar-refractivity contribution is 5.43. The van der Waals surface area contributed by atoms with Gasteiger partial charge in [0.05, 0.1) is 12.7 Å². The Morgan fingerprint density at radius 3 is 2.43 bits per heavy atom. The molecule has 4 heteroatoms. The van der Waals surface area contributed by atoms with Crippen LogP contribution in [-0.4, -0.2) is 11.7 Å². The molecule has 0 unspecified atom stereocenters. The van der Waals surface area contributed by atoms with Crippen LogP contribution in [0.3, 0.4) is 0 Å². The van der Waals surface area contributed by atoms with Gasteiger partial charge in [-0.15, -0.1) is 0 Å². The van der Waals surface area contributed by atoms with Gasteiger partial charge >= 0.3 is 0 Å². The van der Waals surface area contributed by atoms with Crippen molar-refractivity contribution >= 4 is 0 Å². The zero-order valence-corrected chi connectivity index (χ0v) is 12.2. The van der Waals surface area contributed by atoms with Crippen LogP contribution in [0.5, 0.6) is 17.2 Å². The molecule has 112 valence electrons.